The monoisotopic (exact) mass is 370 g/mol. The lowest BCUT2D eigenvalue weighted by Crippen LogP contribution is -2.38. The number of hydrogen-bond acceptors (Lipinski definition) is 5. The molecule has 2 aromatic rings. The molecule has 1 saturated heterocycles. The van der Waals surface area contributed by atoms with Crippen molar-refractivity contribution < 1.29 is 4.79 Å². The molecule has 3 rings (SSSR count). The van der Waals surface area contributed by atoms with Gasteiger partial charge in [0.15, 0.2) is 0 Å². The Balaban J connectivity index is 1.55. The Labute approximate surface area is 159 Å². The SMILES string of the molecule is CCc1ccc(NC(=O)CSc2cc(N3CCCCC3C)ncn2)cc1. The maximum absolute atomic E-state index is 12.2. The van der Waals surface area contributed by atoms with Crippen molar-refractivity contribution in [1.82, 2.24) is 9.97 Å². The zero-order chi connectivity index (χ0) is 18.4. The van der Waals surface area contributed by atoms with Gasteiger partial charge in [0.25, 0.3) is 0 Å². The highest BCUT2D eigenvalue weighted by Gasteiger charge is 2.20. The lowest BCUT2D eigenvalue weighted by molar-refractivity contribution is -0.113. The summed E-state index contributed by atoms with van der Waals surface area (Å²) in [6, 6.07) is 10.5. The van der Waals surface area contributed by atoms with Crippen molar-refractivity contribution in [3.8, 4) is 0 Å². The van der Waals surface area contributed by atoms with Gasteiger partial charge in [0.05, 0.1) is 5.75 Å². The molecule has 1 atom stereocenters. The number of aryl methyl sites for hydroxylation is 1. The second-order valence-corrected chi connectivity index (χ2v) is 7.64. The maximum atomic E-state index is 12.2. The molecule has 1 N–H and O–H groups in total. The van der Waals surface area contributed by atoms with Crippen LogP contribution in [0.25, 0.3) is 0 Å². The first-order chi connectivity index (χ1) is 12.7. The van der Waals surface area contributed by atoms with E-state index in [4.69, 9.17) is 0 Å². The second-order valence-electron chi connectivity index (χ2n) is 6.64. The molecule has 5 nitrogen and oxygen atoms in total. The molecule has 0 bridgehead atoms. The van der Waals surface area contributed by atoms with Crippen LogP contribution in [0.4, 0.5) is 11.5 Å². The van der Waals surface area contributed by atoms with Crippen LogP contribution in [0.3, 0.4) is 0 Å². The van der Waals surface area contributed by atoms with E-state index in [1.807, 2.05) is 30.3 Å². The number of rotatable bonds is 6. The third-order valence-corrected chi connectivity index (χ3v) is 5.65. The van der Waals surface area contributed by atoms with E-state index in [2.05, 4.69) is 34.0 Å². The van der Waals surface area contributed by atoms with E-state index in [9.17, 15) is 4.79 Å². The zero-order valence-corrected chi connectivity index (χ0v) is 16.3. The Hall–Kier alpha value is -2.08. The molecule has 1 aliphatic rings. The van der Waals surface area contributed by atoms with Gasteiger partial charge in [0, 0.05) is 24.3 Å². The number of nitrogens with zero attached hydrogens (tertiary/aromatic N) is 3. The molecular formula is C20H26N4OS. The molecule has 2 heterocycles. The average Bonchev–Trinajstić information content (AvgIpc) is 2.67. The zero-order valence-electron chi connectivity index (χ0n) is 15.4. The summed E-state index contributed by atoms with van der Waals surface area (Å²) in [6.45, 7) is 5.40. The Morgan fingerprint density at radius 2 is 2.08 bits per heavy atom. The minimum Gasteiger partial charge on any atom is -0.354 e. The van der Waals surface area contributed by atoms with E-state index in [1.54, 1.807) is 6.33 Å². The van der Waals surface area contributed by atoms with E-state index >= 15 is 0 Å². The van der Waals surface area contributed by atoms with E-state index in [0.717, 1.165) is 29.5 Å². The third-order valence-electron chi connectivity index (χ3n) is 4.72. The number of amides is 1. The van der Waals surface area contributed by atoms with Crippen LogP contribution in [0.1, 0.15) is 38.7 Å². The summed E-state index contributed by atoms with van der Waals surface area (Å²) in [4.78, 5) is 23.3. The summed E-state index contributed by atoms with van der Waals surface area (Å²) >= 11 is 1.45. The van der Waals surface area contributed by atoms with Crippen LogP contribution < -0.4 is 10.2 Å². The van der Waals surface area contributed by atoms with E-state index in [-0.39, 0.29) is 5.91 Å². The van der Waals surface area contributed by atoms with Crippen LogP contribution in [-0.4, -0.2) is 34.2 Å². The molecular weight excluding hydrogens is 344 g/mol. The number of aromatic nitrogens is 2. The van der Waals surface area contributed by atoms with Gasteiger partial charge in [-0.25, -0.2) is 9.97 Å². The van der Waals surface area contributed by atoms with Crippen LogP contribution in [0.15, 0.2) is 41.7 Å². The second kappa shape index (κ2) is 9.03. The summed E-state index contributed by atoms with van der Waals surface area (Å²) < 4.78 is 0. The average molecular weight is 371 g/mol. The lowest BCUT2D eigenvalue weighted by atomic mass is 10.0. The van der Waals surface area contributed by atoms with Crippen molar-refractivity contribution in [1.29, 1.82) is 0 Å². The molecule has 1 unspecified atom stereocenters. The van der Waals surface area contributed by atoms with E-state index in [1.165, 1.54) is 36.6 Å². The van der Waals surface area contributed by atoms with Gasteiger partial charge in [0.2, 0.25) is 5.91 Å². The fourth-order valence-corrected chi connectivity index (χ4v) is 3.83. The summed E-state index contributed by atoms with van der Waals surface area (Å²) in [7, 11) is 0. The minimum atomic E-state index is -0.0225. The molecule has 0 spiro atoms. The van der Waals surface area contributed by atoms with E-state index in [0.29, 0.717) is 11.8 Å². The first-order valence-electron chi connectivity index (χ1n) is 9.26. The molecule has 26 heavy (non-hydrogen) atoms. The number of benzene rings is 1. The summed E-state index contributed by atoms with van der Waals surface area (Å²) in [5.74, 6) is 1.28. The molecule has 1 aromatic carbocycles. The van der Waals surface area contributed by atoms with Crippen LogP contribution in [-0.2, 0) is 11.2 Å². The van der Waals surface area contributed by atoms with Crippen molar-refractivity contribution >= 4 is 29.2 Å². The fraction of sp³-hybridized carbons (Fsp3) is 0.450. The van der Waals surface area contributed by atoms with Crippen LogP contribution in [0.2, 0.25) is 0 Å². The van der Waals surface area contributed by atoms with Crippen molar-refractivity contribution in [2.45, 2.75) is 50.6 Å². The first kappa shape index (κ1) is 18.7. The first-order valence-corrected chi connectivity index (χ1v) is 10.2. The molecule has 1 aliphatic heterocycles. The van der Waals surface area contributed by atoms with Crippen LogP contribution in [0.5, 0.6) is 0 Å². The van der Waals surface area contributed by atoms with Gasteiger partial charge >= 0.3 is 0 Å². The van der Waals surface area contributed by atoms with Gasteiger partial charge in [-0.2, -0.15) is 0 Å². The van der Waals surface area contributed by atoms with Crippen molar-refractivity contribution in [2.75, 3.05) is 22.5 Å². The Kier molecular flexibility index (Phi) is 6.50. The number of piperidine rings is 1. The quantitative estimate of drug-likeness (QED) is 0.611. The molecule has 6 heteroatoms. The number of anilines is 2. The van der Waals surface area contributed by atoms with Gasteiger partial charge in [-0.05, 0) is 50.3 Å². The fourth-order valence-electron chi connectivity index (χ4n) is 3.16. The van der Waals surface area contributed by atoms with Crippen molar-refractivity contribution in [3.63, 3.8) is 0 Å². The van der Waals surface area contributed by atoms with Gasteiger partial charge in [0.1, 0.15) is 17.2 Å². The van der Waals surface area contributed by atoms with Gasteiger partial charge in [-0.3, -0.25) is 4.79 Å². The molecule has 1 amide bonds. The highest BCUT2D eigenvalue weighted by atomic mass is 32.2. The van der Waals surface area contributed by atoms with Gasteiger partial charge in [-0.15, -0.1) is 0 Å². The van der Waals surface area contributed by atoms with Gasteiger partial charge in [-0.1, -0.05) is 30.8 Å². The number of carbonyl (C=O) groups is 1. The summed E-state index contributed by atoms with van der Waals surface area (Å²) in [5, 5.41) is 3.77. The van der Waals surface area contributed by atoms with Crippen molar-refractivity contribution in [3.05, 3.63) is 42.2 Å². The number of thioether (sulfide) groups is 1. The smallest absolute Gasteiger partial charge is 0.234 e. The summed E-state index contributed by atoms with van der Waals surface area (Å²) in [5.41, 5.74) is 2.09. The predicted molar refractivity (Wildman–Crippen MR) is 108 cm³/mol. The molecule has 138 valence electrons. The Bertz CT molecular complexity index is 735. The number of hydrogen-bond donors (Lipinski definition) is 1. The highest BCUT2D eigenvalue weighted by molar-refractivity contribution is 7.99. The van der Waals surface area contributed by atoms with Crippen molar-refractivity contribution in [2.24, 2.45) is 0 Å². The number of carbonyl (C=O) groups excluding carboxylic acids is 1. The number of nitrogens with one attached hydrogen (secondary N) is 1. The van der Waals surface area contributed by atoms with Crippen LogP contribution in [0, 0.1) is 0 Å². The molecule has 0 radical (unpaired) electrons. The molecule has 1 fully saturated rings. The van der Waals surface area contributed by atoms with Crippen LogP contribution >= 0.6 is 11.8 Å². The predicted octanol–water partition coefficient (Wildman–Crippen LogP) is 4.15. The van der Waals surface area contributed by atoms with E-state index < -0.39 is 0 Å². The molecule has 1 aromatic heterocycles. The minimum absolute atomic E-state index is 0.0225. The third kappa shape index (κ3) is 4.97. The maximum Gasteiger partial charge on any atom is 0.234 e. The largest absolute Gasteiger partial charge is 0.354 e. The summed E-state index contributed by atoms with van der Waals surface area (Å²) in [6.07, 6.45) is 6.28. The normalized spacial score (nSPS) is 17.2. The molecule has 0 aliphatic carbocycles. The topological polar surface area (TPSA) is 58.1 Å². The standard InChI is InChI=1S/C20H26N4OS/c1-3-16-7-9-17(10-8-16)23-19(25)13-26-20-12-18(21-14-22-20)24-11-5-4-6-15(24)2/h7-10,12,14-15H,3-6,11,13H2,1-2H3,(H,23,25). The Morgan fingerprint density at radius 3 is 2.81 bits per heavy atom. The van der Waals surface area contributed by atoms with Gasteiger partial charge < -0.3 is 10.2 Å². The highest BCUT2D eigenvalue weighted by Crippen LogP contribution is 2.25. The molecule has 0 saturated carbocycles. The Morgan fingerprint density at radius 1 is 1.27 bits per heavy atom. The lowest BCUT2D eigenvalue weighted by Gasteiger charge is -2.34.